The van der Waals surface area contributed by atoms with Crippen LogP contribution in [0.1, 0.15) is 30.1 Å². The van der Waals surface area contributed by atoms with Crippen LogP contribution >= 0.6 is 11.3 Å². The first kappa shape index (κ1) is 12.4. The first-order valence-electron chi connectivity index (χ1n) is 6.31. The Labute approximate surface area is 115 Å². The first-order chi connectivity index (χ1) is 9.17. The summed E-state index contributed by atoms with van der Waals surface area (Å²) < 4.78 is 3.83. The van der Waals surface area contributed by atoms with E-state index in [1.165, 1.54) is 0 Å². The zero-order chi connectivity index (χ0) is 13.4. The summed E-state index contributed by atoms with van der Waals surface area (Å²) in [5, 5.41) is 16.7. The number of nitrogens with zero attached hydrogens (tertiary/aromatic N) is 4. The van der Waals surface area contributed by atoms with Crippen LogP contribution < -0.4 is 0 Å². The second-order valence-corrected chi connectivity index (χ2v) is 5.44. The van der Waals surface area contributed by atoms with Crippen LogP contribution in [0.4, 0.5) is 0 Å². The molecule has 0 aliphatic heterocycles. The Bertz CT molecular complexity index is 668. The van der Waals surface area contributed by atoms with Gasteiger partial charge in [-0.2, -0.15) is 5.10 Å². The number of imidazole rings is 1. The summed E-state index contributed by atoms with van der Waals surface area (Å²) in [5.74, 6) is 0. The molecule has 100 valence electrons. The lowest BCUT2D eigenvalue weighted by molar-refractivity contribution is 0.166. The molecule has 1 unspecified atom stereocenters. The Morgan fingerprint density at radius 1 is 1.47 bits per heavy atom. The van der Waals surface area contributed by atoms with Gasteiger partial charge in [-0.1, -0.05) is 0 Å². The summed E-state index contributed by atoms with van der Waals surface area (Å²) in [4.78, 5) is 5.45. The van der Waals surface area contributed by atoms with Crippen molar-refractivity contribution >= 4 is 16.3 Å². The molecule has 0 radical (unpaired) electrons. The highest BCUT2D eigenvalue weighted by Crippen LogP contribution is 2.20. The number of aryl methyl sites for hydroxylation is 2. The predicted octanol–water partition coefficient (Wildman–Crippen LogP) is 2.20. The van der Waals surface area contributed by atoms with Crippen molar-refractivity contribution in [3.8, 4) is 0 Å². The molecule has 6 heteroatoms. The van der Waals surface area contributed by atoms with E-state index < -0.39 is 6.10 Å². The van der Waals surface area contributed by atoms with E-state index in [4.69, 9.17) is 0 Å². The third-order valence-corrected chi connectivity index (χ3v) is 3.89. The predicted molar refractivity (Wildman–Crippen MR) is 74.4 cm³/mol. The smallest absolute Gasteiger partial charge is 0.193 e. The lowest BCUT2D eigenvalue weighted by Gasteiger charge is -2.10. The maximum atomic E-state index is 10.4. The molecular weight excluding hydrogens is 260 g/mol. The van der Waals surface area contributed by atoms with Crippen molar-refractivity contribution in [2.24, 2.45) is 0 Å². The van der Waals surface area contributed by atoms with Gasteiger partial charge in [-0.05, 0) is 19.9 Å². The summed E-state index contributed by atoms with van der Waals surface area (Å²) in [5.41, 5.74) is 2.69. The maximum Gasteiger partial charge on any atom is 0.193 e. The number of aliphatic hydroxyl groups excluding tert-OH is 1. The third kappa shape index (κ3) is 2.29. The van der Waals surface area contributed by atoms with Crippen LogP contribution in [0.15, 0.2) is 23.8 Å². The molecule has 0 fully saturated rings. The average molecular weight is 276 g/mol. The molecule has 0 saturated carbocycles. The molecule has 0 aliphatic carbocycles. The van der Waals surface area contributed by atoms with Gasteiger partial charge in [0, 0.05) is 30.7 Å². The SMILES string of the molecule is CCn1nc(C)cc1C(O)Cc1cn2ccsc2n1. The van der Waals surface area contributed by atoms with Crippen molar-refractivity contribution in [2.75, 3.05) is 0 Å². The zero-order valence-corrected chi connectivity index (χ0v) is 11.8. The molecule has 19 heavy (non-hydrogen) atoms. The lowest BCUT2D eigenvalue weighted by atomic mass is 10.1. The number of aromatic nitrogens is 4. The fourth-order valence-corrected chi connectivity index (χ4v) is 2.98. The summed E-state index contributed by atoms with van der Waals surface area (Å²) in [6.45, 7) is 4.72. The van der Waals surface area contributed by atoms with E-state index in [0.29, 0.717) is 6.42 Å². The molecule has 3 rings (SSSR count). The molecule has 3 aromatic heterocycles. The Kier molecular flexibility index (Phi) is 3.12. The van der Waals surface area contributed by atoms with Crippen LogP contribution in [0.2, 0.25) is 0 Å². The second-order valence-electron chi connectivity index (χ2n) is 4.57. The Balaban J connectivity index is 1.83. The minimum atomic E-state index is -0.564. The van der Waals surface area contributed by atoms with E-state index in [1.807, 2.05) is 46.8 Å². The molecule has 0 saturated heterocycles. The number of hydrogen-bond donors (Lipinski definition) is 1. The Morgan fingerprint density at radius 2 is 2.32 bits per heavy atom. The third-order valence-electron chi connectivity index (χ3n) is 3.12. The van der Waals surface area contributed by atoms with Crippen molar-refractivity contribution in [3.05, 3.63) is 40.9 Å². The van der Waals surface area contributed by atoms with E-state index in [2.05, 4.69) is 10.1 Å². The minimum absolute atomic E-state index is 0.513. The van der Waals surface area contributed by atoms with Crippen LogP contribution in [0.25, 0.3) is 4.96 Å². The van der Waals surface area contributed by atoms with Gasteiger partial charge in [-0.25, -0.2) is 4.98 Å². The normalized spacial score (nSPS) is 13.2. The number of fused-ring (bicyclic) bond motifs is 1. The minimum Gasteiger partial charge on any atom is -0.386 e. The Hall–Kier alpha value is -1.66. The average Bonchev–Trinajstić information content (AvgIpc) is 3.02. The first-order valence-corrected chi connectivity index (χ1v) is 7.19. The van der Waals surface area contributed by atoms with E-state index >= 15 is 0 Å². The Morgan fingerprint density at radius 3 is 3.05 bits per heavy atom. The molecule has 0 amide bonds. The van der Waals surface area contributed by atoms with Crippen molar-refractivity contribution in [2.45, 2.75) is 32.9 Å². The highest BCUT2D eigenvalue weighted by atomic mass is 32.1. The fourth-order valence-electron chi connectivity index (χ4n) is 2.26. The van der Waals surface area contributed by atoms with Gasteiger partial charge in [0.1, 0.15) is 6.10 Å². The van der Waals surface area contributed by atoms with Crippen LogP contribution in [0.3, 0.4) is 0 Å². The topological polar surface area (TPSA) is 55.3 Å². The quantitative estimate of drug-likeness (QED) is 0.794. The summed E-state index contributed by atoms with van der Waals surface area (Å²) in [6.07, 6.45) is 3.89. The van der Waals surface area contributed by atoms with Crippen LogP contribution in [-0.4, -0.2) is 24.3 Å². The van der Waals surface area contributed by atoms with Crippen LogP contribution in [0.5, 0.6) is 0 Å². The fraction of sp³-hybridized carbons (Fsp3) is 0.385. The molecule has 0 bridgehead atoms. The van der Waals surface area contributed by atoms with Crippen LogP contribution in [0, 0.1) is 6.92 Å². The number of aliphatic hydroxyl groups is 1. The van der Waals surface area contributed by atoms with E-state index in [0.717, 1.165) is 28.6 Å². The summed E-state index contributed by atoms with van der Waals surface area (Å²) >= 11 is 1.60. The highest BCUT2D eigenvalue weighted by Gasteiger charge is 2.16. The van der Waals surface area contributed by atoms with Crippen molar-refractivity contribution in [1.82, 2.24) is 19.2 Å². The van der Waals surface area contributed by atoms with Crippen molar-refractivity contribution < 1.29 is 5.11 Å². The van der Waals surface area contributed by atoms with Gasteiger partial charge in [0.15, 0.2) is 4.96 Å². The molecule has 1 atom stereocenters. The van der Waals surface area contributed by atoms with Gasteiger partial charge in [0.05, 0.1) is 17.1 Å². The molecular formula is C13H16N4OS. The van der Waals surface area contributed by atoms with Gasteiger partial charge >= 0.3 is 0 Å². The number of hydrogen-bond acceptors (Lipinski definition) is 4. The molecule has 5 nitrogen and oxygen atoms in total. The zero-order valence-electron chi connectivity index (χ0n) is 10.9. The molecule has 0 aliphatic rings. The molecule has 3 aromatic rings. The van der Waals surface area contributed by atoms with Crippen LogP contribution in [-0.2, 0) is 13.0 Å². The van der Waals surface area contributed by atoms with E-state index in [-0.39, 0.29) is 0 Å². The highest BCUT2D eigenvalue weighted by molar-refractivity contribution is 7.15. The monoisotopic (exact) mass is 276 g/mol. The molecule has 0 spiro atoms. The van der Waals surface area contributed by atoms with Crippen molar-refractivity contribution in [3.63, 3.8) is 0 Å². The molecule has 1 N–H and O–H groups in total. The van der Waals surface area contributed by atoms with Crippen molar-refractivity contribution in [1.29, 1.82) is 0 Å². The van der Waals surface area contributed by atoms with Gasteiger partial charge in [-0.3, -0.25) is 9.08 Å². The lowest BCUT2D eigenvalue weighted by Crippen LogP contribution is -2.10. The van der Waals surface area contributed by atoms with Gasteiger partial charge in [0.25, 0.3) is 0 Å². The van der Waals surface area contributed by atoms with E-state index in [9.17, 15) is 5.11 Å². The molecule has 0 aromatic carbocycles. The maximum absolute atomic E-state index is 10.4. The second kappa shape index (κ2) is 4.79. The van der Waals surface area contributed by atoms with Gasteiger partial charge in [0.2, 0.25) is 0 Å². The molecule has 3 heterocycles. The van der Waals surface area contributed by atoms with Gasteiger partial charge in [-0.15, -0.1) is 11.3 Å². The standard InChI is InChI=1S/C13H16N4OS/c1-3-17-11(6-9(2)15-17)12(18)7-10-8-16-4-5-19-13(16)14-10/h4-6,8,12,18H,3,7H2,1-2H3. The largest absolute Gasteiger partial charge is 0.386 e. The number of thiazole rings is 1. The summed E-state index contributed by atoms with van der Waals surface area (Å²) in [7, 11) is 0. The summed E-state index contributed by atoms with van der Waals surface area (Å²) in [6, 6.07) is 1.94. The van der Waals surface area contributed by atoms with E-state index in [1.54, 1.807) is 11.3 Å². The van der Waals surface area contributed by atoms with Gasteiger partial charge < -0.3 is 5.11 Å². The number of rotatable bonds is 4.